The quantitative estimate of drug-likeness (QED) is 0.833. The van der Waals surface area contributed by atoms with Crippen LogP contribution in [0.2, 0.25) is 0 Å². The van der Waals surface area contributed by atoms with Crippen LogP contribution in [0.3, 0.4) is 0 Å². The van der Waals surface area contributed by atoms with Crippen molar-refractivity contribution in [3.8, 4) is 0 Å². The molecule has 0 fully saturated rings. The molecular weight excluding hydrogens is 276 g/mol. The predicted octanol–water partition coefficient (Wildman–Crippen LogP) is 3.25. The Morgan fingerprint density at radius 2 is 2.23 bits per heavy atom. The summed E-state index contributed by atoms with van der Waals surface area (Å²) >= 11 is 0. The zero-order valence-corrected chi connectivity index (χ0v) is 13.3. The van der Waals surface area contributed by atoms with Gasteiger partial charge in [-0.2, -0.15) is 0 Å². The van der Waals surface area contributed by atoms with Crippen molar-refractivity contribution in [3.63, 3.8) is 0 Å². The molecule has 0 aliphatic carbocycles. The Labute approximate surface area is 131 Å². The van der Waals surface area contributed by atoms with Crippen LogP contribution in [-0.4, -0.2) is 20.9 Å². The average molecular weight is 298 g/mol. The number of hydrogen-bond acceptors (Lipinski definition) is 3. The minimum absolute atomic E-state index is 0.0480. The molecule has 116 valence electrons. The molecule has 2 heterocycles. The van der Waals surface area contributed by atoms with E-state index in [-0.39, 0.29) is 11.8 Å². The fourth-order valence-electron chi connectivity index (χ4n) is 2.39. The maximum Gasteiger partial charge on any atom is 0.230 e. The van der Waals surface area contributed by atoms with E-state index in [0.29, 0.717) is 13.0 Å². The van der Waals surface area contributed by atoms with Gasteiger partial charge in [0.2, 0.25) is 5.91 Å². The summed E-state index contributed by atoms with van der Waals surface area (Å²) in [7, 11) is 0. The van der Waals surface area contributed by atoms with Crippen molar-refractivity contribution in [2.24, 2.45) is 5.92 Å². The molecule has 22 heavy (non-hydrogen) atoms. The fraction of sp³-hybridized carbons (Fsp3) is 0.353. The maximum atomic E-state index is 12.8. The summed E-state index contributed by atoms with van der Waals surface area (Å²) in [5.74, 6) is 0.664. The number of pyridine rings is 1. The molecule has 5 nitrogen and oxygen atoms in total. The van der Waals surface area contributed by atoms with Crippen molar-refractivity contribution in [1.82, 2.24) is 15.0 Å². The molecule has 0 radical (unpaired) electrons. The zero-order valence-electron chi connectivity index (χ0n) is 13.3. The Morgan fingerprint density at radius 3 is 2.82 bits per heavy atom. The van der Waals surface area contributed by atoms with E-state index < -0.39 is 0 Å². The van der Waals surface area contributed by atoms with Gasteiger partial charge in [0.05, 0.1) is 18.4 Å². The summed E-state index contributed by atoms with van der Waals surface area (Å²) in [4.78, 5) is 26.0. The van der Waals surface area contributed by atoms with Gasteiger partial charge in [-0.25, -0.2) is 4.98 Å². The Hall–Kier alpha value is -2.43. The Balaban J connectivity index is 2.28. The lowest BCUT2D eigenvalue weighted by atomic mass is 10.0. The number of allylic oxidation sites excluding steroid dienone is 1. The summed E-state index contributed by atoms with van der Waals surface area (Å²) in [6.45, 7) is 10.1. The van der Waals surface area contributed by atoms with E-state index in [1.165, 1.54) is 0 Å². The molecule has 1 unspecified atom stereocenters. The number of aromatic amines is 1. The highest BCUT2D eigenvalue weighted by Crippen LogP contribution is 2.21. The third-order valence-corrected chi connectivity index (χ3v) is 3.38. The topological polar surface area (TPSA) is 61.9 Å². The summed E-state index contributed by atoms with van der Waals surface area (Å²) in [6.07, 6.45) is 7.60. The molecule has 0 saturated carbocycles. The van der Waals surface area contributed by atoms with E-state index in [2.05, 4.69) is 21.5 Å². The number of H-pyrrole nitrogens is 1. The van der Waals surface area contributed by atoms with Crippen LogP contribution in [0.15, 0.2) is 43.0 Å². The van der Waals surface area contributed by atoms with Gasteiger partial charge in [0, 0.05) is 24.5 Å². The number of amides is 1. The molecular formula is C17H22N4O. The van der Waals surface area contributed by atoms with Crippen molar-refractivity contribution in [1.29, 1.82) is 0 Å². The monoisotopic (exact) mass is 298 g/mol. The molecule has 2 rings (SSSR count). The third kappa shape index (κ3) is 4.04. The summed E-state index contributed by atoms with van der Waals surface area (Å²) in [5.41, 5.74) is 2.80. The summed E-state index contributed by atoms with van der Waals surface area (Å²) in [5, 5.41) is 0. The second kappa shape index (κ2) is 7.02. The SMILES string of the molecule is C=C(C)CC(C)C(=O)N(Cc1ncc[nH]1)c1cncc(C)c1. The largest absolute Gasteiger partial charge is 0.347 e. The number of hydrogen-bond donors (Lipinski definition) is 1. The molecule has 0 bridgehead atoms. The van der Waals surface area contributed by atoms with Crippen LogP contribution in [-0.2, 0) is 11.3 Å². The van der Waals surface area contributed by atoms with Crippen molar-refractivity contribution in [2.75, 3.05) is 4.90 Å². The van der Waals surface area contributed by atoms with Crippen molar-refractivity contribution >= 4 is 11.6 Å². The second-order valence-corrected chi connectivity index (χ2v) is 5.74. The lowest BCUT2D eigenvalue weighted by Crippen LogP contribution is -2.35. The standard InChI is InChI=1S/C17H22N4O/c1-12(2)7-14(4)17(22)21(11-16-19-5-6-20-16)15-8-13(3)9-18-10-15/h5-6,8-10,14H,1,7,11H2,2-4H3,(H,19,20). The molecule has 0 aliphatic rings. The van der Waals surface area contributed by atoms with E-state index in [4.69, 9.17) is 0 Å². The number of carbonyl (C=O) groups is 1. The number of nitrogens with one attached hydrogen (secondary N) is 1. The number of carbonyl (C=O) groups excluding carboxylic acids is 1. The van der Waals surface area contributed by atoms with E-state index in [1.807, 2.05) is 26.8 Å². The molecule has 2 aromatic heterocycles. The van der Waals surface area contributed by atoms with Gasteiger partial charge >= 0.3 is 0 Å². The average Bonchev–Trinajstić information content (AvgIpc) is 2.96. The van der Waals surface area contributed by atoms with Gasteiger partial charge in [-0.05, 0) is 31.9 Å². The Morgan fingerprint density at radius 1 is 1.45 bits per heavy atom. The van der Waals surface area contributed by atoms with Crippen LogP contribution in [0.25, 0.3) is 0 Å². The summed E-state index contributed by atoms with van der Waals surface area (Å²) < 4.78 is 0. The molecule has 2 aromatic rings. The van der Waals surface area contributed by atoms with Crippen molar-refractivity contribution < 1.29 is 4.79 Å². The summed E-state index contributed by atoms with van der Waals surface area (Å²) in [6, 6.07) is 1.96. The molecule has 1 amide bonds. The minimum Gasteiger partial charge on any atom is -0.347 e. The first-order valence-corrected chi connectivity index (χ1v) is 7.33. The van der Waals surface area contributed by atoms with Gasteiger partial charge in [0.15, 0.2) is 0 Å². The molecule has 0 aliphatic heterocycles. The van der Waals surface area contributed by atoms with Gasteiger partial charge in [-0.15, -0.1) is 6.58 Å². The van der Waals surface area contributed by atoms with Crippen LogP contribution in [0.1, 0.15) is 31.7 Å². The Kier molecular flexibility index (Phi) is 5.09. The number of rotatable bonds is 6. The van der Waals surface area contributed by atoms with E-state index in [1.54, 1.807) is 29.7 Å². The number of aryl methyl sites for hydroxylation is 1. The lowest BCUT2D eigenvalue weighted by Gasteiger charge is -2.25. The number of nitrogens with zero attached hydrogens (tertiary/aromatic N) is 3. The Bertz CT molecular complexity index is 648. The van der Waals surface area contributed by atoms with Crippen LogP contribution in [0, 0.1) is 12.8 Å². The fourth-order valence-corrected chi connectivity index (χ4v) is 2.39. The predicted molar refractivity (Wildman–Crippen MR) is 87.3 cm³/mol. The molecule has 5 heteroatoms. The lowest BCUT2D eigenvalue weighted by molar-refractivity contribution is -0.122. The van der Waals surface area contributed by atoms with Gasteiger partial charge < -0.3 is 9.88 Å². The van der Waals surface area contributed by atoms with Gasteiger partial charge in [0.1, 0.15) is 5.82 Å². The highest BCUT2D eigenvalue weighted by Gasteiger charge is 2.23. The first kappa shape index (κ1) is 15.9. The van der Waals surface area contributed by atoms with E-state index >= 15 is 0 Å². The third-order valence-electron chi connectivity index (χ3n) is 3.38. The zero-order chi connectivity index (χ0) is 16.1. The number of aromatic nitrogens is 3. The number of imidazole rings is 1. The second-order valence-electron chi connectivity index (χ2n) is 5.74. The van der Waals surface area contributed by atoms with Crippen molar-refractivity contribution in [2.45, 2.75) is 33.7 Å². The van der Waals surface area contributed by atoms with Gasteiger partial charge in [-0.3, -0.25) is 9.78 Å². The normalized spacial score (nSPS) is 12.0. The van der Waals surface area contributed by atoms with E-state index in [9.17, 15) is 4.79 Å². The minimum atomic E-state index is -0.132. The highest BCUT2D eigenvalue weighted by atomic mass is 16.2. The van der Waals surface area contributed by atoms with Crippen molar-refractivity contribution in [3.05, 3.63) is 54.4 Å². The molecule has 1 atom stereocenters. The van der Waals surface area contributed by atoms with Crippen LogP contribution in [0.5, 0.6) is 0 Å². The van der Waals surface area contributed by atoms with Crippen LogP contribution < -0.4 is 4.90 Å². The maximum absolute atomic E-state index is 12.8. The van der Waals surface area contributed by atoms with Crippen LogP contribution >= 0.6 is 0 Å². The van der Waals surface area contributed by atoms with Crippen LogP contribution in [0.4, 0.5) is 5.69 Å². The van der Waals surface area contributed by atoms with E-state index in [0.717, 1.165) is 22.6 Å². The van der Waals surface area contributed by atoms with Gasteiger partial charge in [0.25, 0.3) is 0 Å². The molecule has 0 aromatic carbocycles. The van der Waals surface area contributed by atoms with Gasteiger partial charge in [-0.1, -0.05) is 12.5 Å². The molecule has 0 spiro atoms. The number of anilines is 1. The molecule has 1 N–H and O–H groups in total. The first-order valence-electron chi connectivity index (χ1n) is 7.33. The smallest absolute Gasteiger partial charge is 0.230 e. The molecule has 0 saturated heterocycles. The highest BCUT2D eigenvalue weighted by molar-refractivity contribution is 5.94. The first-order chi connectivity index (χ1) is 10.5.